The molecule has 33 heavy (non-hydrogen) atoms. The summed E-state index contributed by atoms with van der Waals surface area (Å²) in [7, 11) is 0. The van der Waals surface area contributed by atoms with Gasteiger partial charge in [0.25, 0.3) is 11.8 Å². The van der Waals surface area contributed by atoms with Gasteiger partial charge in [0.15, 0.2) is 0 Å². The van der Waals surface area contributed by atoms with Crippen molar-refractivity contribution in [2.24, 2.45) is 0 Å². The molecule has 2 rings (SSSR count). The van der Waals surface area contributed by atoms with Gasteiger partial charge < -0.3 is 20.4 Å². The Morgan fingerprint density at radius 1 is 0.727 bits per heavy atom. The minimum Gasteiger partial charge on any atom is -0.376 e. The summed E-state index contributed by atoms with van der Waals surface area (Å²) < 4.78 is 0. The van der Waals surface area contributed by atoms with Gasteiger partial charge in [-0.15, -0.1) is 0 Å². The van der Waals surface area contributed by atoms with Crippen molar-refractivity contribution in [1.29, 1.82) is 0 Å². The van der Waals surface area contributed by atoms with Crippen LogP contribution in [0.4, 0.5) is 11.4 Å². The molecule has 0 spiro atoms. The van der Waals surface area contributed by atoms with Crippen molar-refractivity contribution >= 4 is 29.1 Å². The Bertz CT molecular complexity index is 917. The fourth-order valence-electron chi connectivity index (χ4n) is 3.58. The van der Waals surface area contributed by atoms with Crippen LogP contribution < -0.4 is 10.6 Å². The van der Waals surface area contributed by atoms with Gasteiger partial charge in [-0.3, -0.25) is 14.4 Å². The Morgan fingerprint density at radius 3 is 1.91 bits per heavy atom. The maximum atomic E-state index is 12.7. The van der Waals surface area contributed by atoms with Gasteiger partial charge >= 0.3 is 0 Å². The third kappa shape index (κ3) is 7.63. The number of amides is 3. The lowest BCUT2D eigenvalue weighted by Crippen LogP contribution is -2.32. The van der Waals surface area contributed by atoms with E-state index in [9.17, 15) is 14.4 Å². The van der Waals surface area contributed by atoms with Gasteiger partial charge in [-0.1, -0.05) is 19.9 Å². The van der Waals surface area contributed by atoms with Crippen molar-refractivity contribution < 1.29 is 14.4 Å². The molecule has 0 saturated heterocycles. The van der Waals surface area contributed by atoms with E-state index in [-0.39, 0.29) is 24.3 Å². The zero-order valence-corrected chi connectivity index (χ0v) is 20.2. The largest absolute Gasteiger partial charge is 0.376 e. The Morgan fingerprint density at radius 2 is 1.33 bits per heavy atom. The standard InChI is InChI=1S/C26H36N4O3/c1-5-16-30(17-6-2)25(32)20-12-14-22(15-13-20)27-19-24(31)28-23-11-9-10-21(18-23)26(33)29(7-3)8-4/h9-15,18,27H,5-8,16-17,19H2,1-4H3,(H,28,31). The predicted octanol–water partition coefficient (Wildman–Crippen LogP) is 4.48. The third-order valence-corrected chi connectivity index (χ3v) is 5.30. The topological polar surface area (TPSA) is 81.8 Å². The van der Waals surface area contributed by atoms with Gasteiger partial charge in [-0.2, -0.15) is 0 Å². The van der Waals surface area contributed by atoms with Crippen LogP contribution in [0, 0.1) is 0 Å². The second kappa shape index (κ2) is 13.3. The maximum absolute atomic E-state index is 12.7. The van der Waals surface area contributed by atoms with Crippen molar-refractivity contribution in [2.45, 2.75) is 40.5 Å². The van der Waals surface area contributed by atoms with E-state index in [4.69, 9.17) is 0 Å². The molecule has 0 atom stereocenters. The van der Waals surface area contributed by atoms with Crippen LogP contribution >= 0.6 is 0 Å². The summed E-state index contributed by atoms with van der Waals surface area (Å²) in [6.07, 6.45) is 1.85. The molecule has 178 valence electrons. The molecule has 0 bridgehead atoms. The fraction of sp³-hybridized carbons (Fsp3) is 0.423. The molecule has 7 heteroatoms. The molecule has 0 heterocycles. The first-order valence-electron chi connectivity index (χ1n) is 11.8. The van der Waals surface area contributed by atoms with Gasteiger partial charge in [-0.05, 0) is 69.2 Å². The number of carbonyl (C=O) groups is 3. The average molecular weight is 453 g/mol. The maximum Gasteiger partial charge on any atom is 0.253 e. The van der Waals surface area contributed by atoms with E-state index in [0.717, 1.165) is 31.6 Å². The highest BCUT2D eigenvalue weighted by molar-refractivity contribution is 5.98. The molecule has 0 aliphatic heterocycles. The number of benzene rings is 2. The zero-order chi connectivity index (χ0) is 24.2. The molecule has 3 amide bonds. The van der Waals surface area contributed by atoms with E-state index < -0.39 is 0 Å². The summed E-state index contributed by atoms with van der Waals surface area (Å²) in [6.45, 7) is 10.8. The molecule has 2 aromatic carbocycles. The quantitative estimate of drug-likeness (QED) is 0.497. The van der Waals surface area contributed by atoms with E-state index in [2.05, 4.69) is 24.5 Å². The summed E-state index contributed by atoms with van der Waals surface area (Å²) >= 11 is 0. The summed E-state index contributed by atoms with van der Waals surface area (Å²) in [5.74, 6) is -0.248. The average Bonchev–Trinajstić information content (AvgIpc) is 2.83. The first kappa shape index (κ1) is 25.9. The lowest BCUT2D eigenvalue weighted by atomic mass is 10.1. The predicted molar refractivity (Wildman–Crippen MR) is 134 cm³/mol. The molecule has 7 nitrogen and oxygen atoms in total. The summed E-state index contributed by atoms with van der Waals surface area (Å²) in [5, 5.41) is 5.89. The van der Waals surface area contributed by atoms with Crippen molar-refractivity contribution in [1.82, 2.24) is 9.80 Å². The van der Waals surface area contributed by atoms with Gasteiger partial charge in [0.2, 0.25) is 5.91 Å². The van der Waals surface area contributed by atoms with Crippen molar-refractivity contribution in [3.8, 4) is 0 Å². The Balaban J connectivity index is 1.93. The zero-order valence-electron chi connectivity index (χ0n) is 20.2. The summed E-state index contributed by atoms with van der Waals surface area (Å²) in [4.78, 5) is 41.2. The molecule has 0 radical (unpaired) electrons. The second-order valence-corrected chi connectivity index (χ2v) is 7.83. The van der Waals surface area contributed by atoms with Crippen LogP contribution in [-0.2, 0) is 4.79 Å². The number of nitrogens with one attached hydrogen (secondary N) is 2. The first-order valence-corrected chi connectivity index (χ1v) is 11.8. The number of rotatable bonds is 12. The molecule has 2 aromatic rings. The molecular weight excluding hydrogens is 416 g/mol. The van der Waals surface area contributed by atoms with E-state index in [1.807, 2.05) is 18.7 Å². The molecule has 0 unspecified atom stereocenters. The first-order chi connectivity index (χ1) is 15.9. The molecule has 0 fully saturated rings. The van der Waals surface area contributed by atoms with Gasteiger partial charge in [0.1, 0.15) is 0 Å². The van der Waals surface area contributed by atoms with Crippen LogP contribution in [0.25, 0.3) is 0 Å². The van der Waals surface area contributed by atoms with E-state index >= 15 is 0 Å². The minimum atomic E-state index is -0.223. The highest BCUT2D eigenvalue weighted by Crippen LogP contribution is 2.14. The number of anilines is 2. The second-order valence-electron chi connectivity index (χ2n) is 7.83. The fourth-order valence-corrected chi connectivity index (χ4v) is 3.58. The van der Waals surface area contributed by atoms with Crippen molar-refractivity contribution in [2.75, 3.05) is 43.4 Å². The van der Waals surface area contributed by atoms with Crippen LogP contribution in [0.15, 0.2) is 48.5 Å². The van der Waals surface area contributed by atoms with E-state index in [1.165, 1.54) is 0 Å². The summed E-state index contributed by atoms with van der Waals surface area (Å²) in [6, 6.07) is 14.1. The molecule has 2 N–H and O–H groups in total. The number of carbonyl (C=O) groups excluding carboxylic acids is 3. The Hall–Kier alpha value is -3.35. The Kier molecular flexibility index (Phi) is 10.4. The van der Waals surface area contributed by atoms with Crippen LogP contribution in [0.2, 0.25) is 0 Å². The van der Waals surface area contributed by atoms with Gasteiger partial charge in [0, 0.05) is 48.7 Å². The summed E-state index contributed by atoms with van der Waals surface area (Å²) in [5.41, 5.74) is 2.52. The highest BCUT2D eigenvalue weighted by Gasteiger charge is 2.15. The van der Waals surface area contributed by atoms with E-state index in [1.54, 1.807) is 53.4 Å². The van der Waals surface area contributed by atoms with Crippen molar-refractivity contribution in [3.05, 3.63) is 59.7 Å². The normalized spacial score (nSPS) is 10.4. The molecule has 0 saturated carbocycles. The van der Waals surface area contributed by atoms with Crippen LogP contribution in [0.1, 0.15) is 61.3 Å². The van der Waals surface area contributed by atoms with Crippen LogP contribution in [0.5, 0.6) is 0 Å². The van der Waals surface area contributed by atoms with E-state index in [0.29, 0.717) is 29.9 Å². The highest BCUT2D eigenvalue weighted by atomic mass is 16.2. The molecule has 0 aromatic heterocycles. The van der Waals surface area contributed by atoms with Gasteiger partial charge in [0.05, 0.1) is 6.54 Å². The third-order valence-electron chi connectivity index (χ3n) is 5.30. The van der Waals surface area contributed by atoms with Crippen LogP contribution in [0.3, 0.4) is 0 Å². The monoisotopic (exact) mass is 452 g/mol. The SMILES string of the molecule is CCCN(CCC)C(=O)c1ccc(NCC(=O)Nc2cccc(C(=O)N(CC)CC)c2)cc1. The minimum absolute atomic E-state index is 0.0298. The van der Waals surface area contributed by atoms with Crippen molar-refractivity contribution in [3.63, 3.8) is 0 Å². The molecule has 0 aliphatic rings. The smallest absolute Gasteiger partial charge is 0.253 e. The lowest BCUT2D eigenvalue weighted by molar-refractivity contribution is -0.114. The number of hydrogen-bond donors (Lipinski definition) is 2. The molecule has 0 aliphatic carbocycles. The van der Waals surface area contributed by atoms with Crippen LogP contribution in [-0.4, -0.2) is 60.2 Å². The number of nitrogens with zero attached hydrogens (tertiary/aromatic N) is 2. The number of hydrogen-bond acceptors (Lipinski definition) is 4. The Labute approximate surface area is 197 Å². The lowest BCUT2D eigenvalue weighted by Gasteiger charge is -2.21. The van der Waals surface area contributed by atoms with Gasteiger partial charge in [-0.25, -0.2) is 0 Å². The molecular formula is C26H36N4O3.